The number of amides is 2. The van der Waals surface area contributed by atoms with E-state index in [1.807, 2.05) is 0 Å². The van der Waals surface area contributed by atoms with Crippen molar-refractivity contribution in [3.8, 4) is 11.5 Å². The lowest BCUT2D eigenvalue weighted by atomic mass is 10.2. The highest BCUT2D eigenvalue weighted by Crippen LogP contribution is 2.26. The lowest BCUT2D eigenvalue weighted by molar-refractivity contribution is -0.119. The summed E-state index contributed by atoms with van der Waals surface area (Å²) in [7, 11) is 0. The molecular weight excluding hydrogens is 380 g/mol. The van der Waals surface area contributed by atoms with Crippen molar-refractivity contribution in [3.05, 3.63) is 52.9 Å². The molecule has 0 aliphatic carbocycles. The quantitative estimate of drug-likeness (QED) is 0.507. The zero-order valence-corrected chi connectivity index (χ0v) is 15.1. The fourth-order valence-electron chi connectivity index (χ4n) is 1.95. The van der Waals surface area contributed by atoms with Gasteiger partial charge in [0.15, 0.2) is 0 Å². The first-order valence-electron chi connectivity index (χ1n) is 7.38. The average Bonchev–Trinajstić information content (AvgIpc) is 3.27. The fourth-order valence-corrected chi connectivity index (χ4v) is 2.64. The first kappa shape index (κ1) is 18.0. The van der Waals surface area contributed by atoms with Crippen LogP contribution in [0.4, 0.5) is 0 Å². The molecule has 0 atom stereocenters. The van der Waals surface area contributed by atoms with E-state index in [2.05, 4.69) is 21.0 Å². The Morgan fingerprint density at radius 1 is 1.15 bits per heavy atom. The molecule has 2 heterocycles. The van der Waals surface area contributed by atoms with Gasteiger partial charge >= 0.3 is 0 Å². The van der Waals surface area contributed by atoms with Crippen molar-refractivity contribution in [2.45, 2.75) is 12.1 Å². The van der Waals surface area contributed by atoms with Crippen LogP contribution in [0.1, 0.15) is 16.1 Å². The molecule has 8 nitrogen and oxygen atoms in total. The maximum atomic E-state index is 11.9. The van der Waals surface area contributed by atoms with Crippen LogP contribution in [0.5, 0.6) is 0 Å². The van der Waals surface area contributed by atoms with Crippen LogP contribution in [-0.4, -0.2) is 27.8 Å². The highest BCUT2D eigenvalue weighted by molar-refractivity contribution is 7.99. The monoisotopic (exact) mass is 392 g/mol. The minimum atomic E-state index is -0.449. The summed E-state index contributed by atoms with van der Waals surface area (Å²) in [5.74, 6) is 0.0996. The zero-order chi connectivity index (χ0) is 18.5. The topological polar surface area (TPSA) is 110 Å². The molecule has 0 saturated heterocycles. The number of nitrogens with zero attached hydrogens (tertiary/aromatic N) is 2. The molecule has 0 radical (unpaired) electrons. The molecule has 2 aromatic heterocycles. The van der Waals surface area contributed by atoms with Gasteiger partial charge in [-0.3, -0.25) is 20.4 Å². The SMILES string of the molecule is Cc1occc1-c1nnc(SCC(=O)NNC(=O)c2ccc(Cl)cc2)o1. The van der Waals surface area contributed by atoms with Crippen LogP contribution in [0.15, 0.2) is 50.7 Å². The number of aryl methyl sites for hydroxylation is 1. The first-order chi connectivity index (χ1) is 12.5. The zero-order valence-electron chi connectivity index (χ0n) is 13.5. The van der Waals surface area contributed by atoms with E-state index < -0.39 is 11.8 Å². The van der Waals surface area contributed by atoms with Crippen LogP contribution >= 0.6 is 23.4 Å². The van der Waals surface area contributed by atoms with Crippen molar-refractivity contribution in [1.29, 1.82) is 0 Å². The highest BCUT2D eigenvalue weighted by atomic mass is 35.5. The number of carbonyl (C=O) groups excluding carboxylic acids is 2. The summed E-state index contributed by atoms with van der Waals surface area (Å²) in [5.41, 5.74) is 5.70. The molecule has 2 N–H and O–H groups in total. The van der Waals surface area contributed by atoms with Gasteiger partial charge in [0.2, 0.25) is 5.91 Å². The second-order valence-corrected chi connectivity index (χ2v) is 6.42. The highest BCUT2D eigenvalue weighted by Gasteiger charge is 2.14. The lowest BCUT2D eigenvalue weighted by Gasteiger charge is -2.06. The van der Waals surface area contributed by atoms with Gasteiger partial charge in [-0.1, -0.05) is 23.4 Å². The van der Waals surface area contributed by atoms with Crippen molar-refractivity contribution in [1.82, 2.24) is 21.0 Å². The summed E-state index contributed by atoms with van der Waals surface area (Å²) >= 11 is 6.81. The summed E-state index contributed by atoms with van der Waals surface area (Å²) in [5, 5.41) is 8.53. The van der Waals surface area contributed by atoms with E-state index in [0.29, 0.717) is 27.8 Å². The van der Waals surface area contributed by atoms with Crippen molar-refractivity contribution >= 4 is 35.2 Å². The van der Waals surface area contributed by atoms with Gasteiger partial charge in [-0.05, 0) is 37.3 Å². The van der Waals surface area contributed by atoms with E-state index in [1.165, 1.54) is 6.26 Å². The molecule has 2 amide bonds. The van der Waals surface area contributed by atoms with Crippen molar-refractivity contribution < 1.29 is 18.4 Å². The second kappa shape index (κ2) is 8.07. The number of hydrogen-bond donors (Lipinski definition) is 2. The summed E-state index contributed by atoms with van der Waals surface area (Å²) in [6, 6.07) is 8.00. The van der Waals surface area contributed by atoms with E-state index >= 15 is 0 Å². The van der Waals surface area contributed by atoms with Crippen LogP contribution in [-0.2, 0) is 4.79 Å². The smallest absolute Gasteiger partial charge is 0.277 e. The Kier molecular flexibility index (Phi) is 5.59. The molecule has 0 spiro atoms. The van der Waals surface area contributed by atoms with Gasteiger partial charge in [-0.2, -0.15) is 0 Å². The molecule has 0 bridgehead atoms. The Morgan fingerprint density at radius 3 is 2.62 bits per heavy atom. The maximum Gasteiger partial charge on any atom is 0.277 e. The number of rotatable bonds is 5. The third-order valence-corrected chi connectivity index (χ3v) is 4.31. The molecule has 0 unspecified atom stereocenters. The number of carbonyl (C=O) groups is 2. The molecule has 0 saturated carbocycles. The first-order valence-corrected chi connectivity index (χ1v) is 8.75. The molecule has 10 heteroatoms. The molecule has 3 rings (SSSR count). The van der Waals surface area contributed by atoms with Gasteiger partial charge in [-0.25, -0.2) is 0 Å². The van der Waals surface area contributed by atoms with E-state index in [4.69, 9.17) is 20.4 Å². The van der Waals surface area contributed by atoms with Crippen LogP contribution in [0.25, 0.3) is 11.5 Å². The summed E-state index contributed by atoms with van der Waals surface area (Å²) in [6.07, 6.45) is 1.53. The number of nitrogens with one attached hydrogen (secondary N) is 2. The van der Waals surface area contributed by atoms with Crippen LogP contribution < -0.4 is 10.9 Å². The van der Waals surface area contributed by atoms with Gasteiger partial charge in [0.1, 0.15) is 5.76 Å². The van der Waals surface area contributed by atoms with E-state index in [-0.39, 0.29) is 11.0 Å². The van der Waals surface area contributed by atoms with Crippen molar-refractivity contribution in [2.75, 3.05) is 5.75 Å². The Morgan fingerprint density at radius 2 is 1.92 bits per heavy atom. The largest absolute Gasteiger partial charge is 0.469 e. The normalized spacial score (nSPS) is 10.5. The molecule has 26 heavy (non-hydrogen) atoms. The number of furan rings is 1. The summed E-state index contributed by atoms with van der Waals surface area (Å²) in [4.78, 5) is 23.7. The third-order valence-electron chi connectivity index (χ3n) is 3.24. The Labute approximate surface area is 157 Å². The summed E-state index contributed by atoms with van der Waals surface area (Å²) < 4.78 is 10.6. The number of aromatic nitrogens is 2. The van der Waals surface area contributed by atoms with E-state index in [9.17, 15) is 9.59 Å². The molecule has 134 valence electrons. The predicted molar refractivity (Wildman–Crippen MR) is 94.5 cm³/mol. The lowest BCUT2D eigenvalue weighted by Crippen LogP contribution is -2.42. The van der Waals surface area contributed by atoms with Gasteiger partial charge in [0, 0.05) is 10.6 Å². The molecular formula is C16H13ClN4O4S. The van der Waals surface area contributed by atoms with Gasteiger partial charge in [-0.15, -0.1) is 10.2 Å². The molecule has 0 aliphatic rings. The number of hydrogen-bond acceptors (Lipinski definition) is 7. The van der Waals surface area contributed by atoms with E-state index in [1.54, 1.807) is 37.3 Å². The van der Waals surface area contributed by atoms with Crippen molar-refractivity contribution in [3.63, 3.8) is 0 Å². The number of thioether (sulfide) groups is 1. The Hall–Kier alpha value is -2.78. The molecule has 0 aliphatic heterocycles. The minimum Gasteiger partial charge on any atom is -0.469 e. The Bertz CT molecular complexity index is 922. The number of halogens is 1. The average molecular weight is 393 g/mol. The second-order valence-electron chi connectivity index (χ2n) is 5.06. The molecule has 0 fully saturated rings. The maximum absolute atomic E-state index is 11.9. The fraction of sp³-hybridized carbons (Fsp3) is 0.125. The van der Waals surface area contributed by atoms with E-state index in [0.717, 1.165) is 11.8 Å². The van der Waals surface area contributed by atoms with Crippen LogP contribution in [0.2, 0.25) is 5.02 Å². The standard InChI is InChI=1S/C16H13ClN4O4S/c1-9-12(6-7-24-9)15-20-21-16(25-15)26-8-13(22)18-19-14(23)10-2-4-11(17)5-3-10/h2-7H,8H2,1H3,(H,18,22)(H,19,23). The molecule has 1 aromatic carbocycles. The van der Waals surface area contributed by atoms with Crippen LogP contribution in [0, 0.1) is 6.92 Å². The van der Waals surface area contributed by atoms with Crippen molar-refractivity contribution in [2.24, 2.45) is 0 Å². The van der Waals surface area contributed by atoms with Gasteiger partial charge < -0.3 is 8.83 Å². The number of benzene rings is 1. The minimum absolute atomic E-state index is 0.00704. The summed E-state index contributed by atoms with van der Waals surface area (Å²) in [6.45, 7) is 1.78. The third kappa shape index (κ3) is 4.44. The predicted octanol–water partition coefficient (Wildman–Crippen LogP) is 2.84. The van der Waals surface area contributed by atoms with Crippen LogP contribution in [0.3, 0.4) is 0 Å². The van der Waals surface area contributed by atoms with Gasteiger partial charge in [0.25, 0.3) is 17.0 Å². The van der Waals surface area contributed by atoms with Gasteiger partial charge in [0.05, 0.1) is 17.6 Å². The molecule has 3 aromatic rings. The Balaban J connectivity index is 1.47. The number of hydrazine groups is 1.